The van der Waals surface area contributed by atoms with Gasteiger partial charge >= 0.3 is 0 Å². The molecule has 9 heteroatoms. The Hall–Kier alpha value is -2.65. The number of thioether (sulfide) groups is 1. The number of nitrogens with one attached hydrogen (secondary N) is 1. The van der Waals surface area contributed by atoms with E-state index in [4.69, 9.17) is 11.6 Å². The average molecular weight is 499 g/mol. The van der Waals surface area contributed by atoms with Gasteiger partial charge in [0, 0.05) is 50.8 Å². The van der Waals surface area contributed by atoms with Gasteiger partial charge in [0.2, 0.25) is 5.91 Å². The molecule has 0 bridgehead atoms. The number of carbonyl (C=O) groups excluding carboxylic acids is 3. The summed E-state index contributed by atoms with van der Waals surface area (Å²) in [5, 5.41) is 3.01. The molecule has 4 rings (SSSR count). The Morgan fingerprint density at radius 3 is 2.38 bits per heavy atom. The average Bonchev–Trinajstić information content (AvgIpc) is 3.10. The van der Waals surface area contributed by atoms with Crippen molar-refractivity contribution in [3.8, 4) is 0 Å². The molecule has 1 N–H and O–H groups in total. The highest BCUT2D eigenvalue weighted by Gasteiger charge is 2.34. The summed E-state index contributed by atoms with van der Waals surface area (Å²) in [4.78, 5) is 43.3. The highest BCUT2D eigenvalue weighted by molar-refractivity contribution is 8.18. The number of hydrogen-bond acceptors (Lipinski definition) is 6. The van der Waals surface area contributed by atoms with Gasteiger partial charge in [0.1, 0.15) is 0 Å². The maximum absolute atomic E-state index is 12.6. The molecule has 2 heterocycles. The van der Waals surface area contributed by atoms with Gasteiger partial charge in [-0.25, -0.2) is 0 Å². The molecule has 2 aliphatic rings. The quantitative estimate of drug-likeness (QED) is 0.563. The van der Waals surface area contributed by atoms with Gasteiger partial charge in [-0.1, -0.05) is 60.1 Å². The number of benzene rings is 2. The van der Waals surface area contributed by atoms with Gasteiger partial charge in [0.15, 0.2) is 0 Å². The van der Waals surface area contributed by atoms with Crippen LogP contribution in [-0.2, 0) is 16.1 Å². The topological polar surface area (TPSA) is 73.0 Å². The molecule has 34 heavy (non-hydrogen) atoms. The minimum Gasteiger partial charge on any atom is -0.353 e. The van der Waals surface area contributed by atoms with Crippen molar-refractivity contribution in [3.63, 3.8) is 0 Å². The van der Waals surface area contributed by atoms with Crippen LogP contribution in [0.1, 0.15) is 11.1 Å². The summed E-state index contributed by atoms with van der Waals surface area (Å²) in [5.74, 6) is -0.464. The first-order valence-corrected chi connectivity index (χ1v) is 12.4. The Morgan fingerprint density at radius 2 is 1.65 bits per heavy atom. The molecule has 7 nitrogen and oxygen atoms in total. The Balaban J connectivity index is 1.18. The first kappa shape index (κ1) is 24.5. The van der Waals surface area contributed by atoms with E-state index in [-0.39, 0.29) is 30.1 Å². The maximum atomic E-state index is 12.6. The molecule has 0 saturated carbocycles. The zero-order valence-electron chi connectivity index (χ0n) is 18.8. The van der Waals surface area contributed by atoms with Crippen LogP contribution < -0.4 is 5.32 Å². The van der Waals surface area contributed by atoms with Crippen molar-refractivity contribution in [1.29, 1.82) is 0 Å². The minimum absolute atomic E-state index is 0.102. The molecule has 2 saturated heterocycles. The van der Waals surface area contributed by atoms with Gasteiger partial charge in [-0.05, 0) is 35.0 Å². The van der Waals surface area contributed by atoms with Crippen LogP contribution in [0.3, 0.4) is 0 Å². The zero-order chi connectivity index (χ0) is 23.9. The monoisotopic (exact) mass is 498 g/mol. The second kappa shape index (κ2) is 11.7. The summed E-state index contributed by atoms with van der Waals surface area (Å²) < 4.78 is 0. The standard InChI is InChI=1S/C25H27ClN4O3S/c26-21-9-5-4-8-20(21)16-22-24(32)30(25(33)34-22)11-10-27-23(31)18-29-14-12-28(13-15-29)17-19-6-2-1-3-7-19/h1-9,16H,10-15,17-18H2,(H,27,31)/b22-16-. The molecule has 0 aromatic heterocycles. The number of imide groups is 1. The Morgan fingerprint density at radius 1 is 0.971 bits per heavy atom. The zero-order valence-corrected chi connectivity index (χ0v) is 20.4. The lowest BCUT2D eigenvalue weighted by Crippen LogP contribution is -2.49. The molecular weight excluding hydrogens is 472 g/mol. The summed E-state index contributed by atoms with van der Waals surface area (Å²) in [5.41, 5.74) is 1.98. The van der Waals surface area contributed by atoms with Crippen molar-refractivity contribution < 1.29 is 14.4 Å². The highest BCUT2D eigenvalue weighted by Crippen LogP contribution is 2.33. The van der Waals surface area contributed by atoms with Gasteiger partial charge in [-0.15, -0.1) is 0 Å². The molecule has 0 atom stereocenters. The van der Waals surface area contributed by atoms with Crippen molar-refractivity contribution in [2.45, 2.75) is 6.54 Å². The molecular formula is C25H27ClN4O3S. The predicted octanol–water partition coefficient (Wildman–Crippen LogP) is 3.31. The molecule has 2 aromatic carbocycles. The SMILES string of the molecule is O=C(CN1CCN(Cc2ccccc2)CC1)NCCN1C(=O)S/C(=C\c2ccccc2Cl)C1=O. The van der Waals surface area contributed by atoms with Crippen molar-refractivity contribution in [2.24, 2.45) is 0 Å². The van der Waals surface area contributed by atoms with E-state index in [1.807, 2.05) is 24.3 Å². The van der Waals surface area contributed by atoms with E-state index in [0.29, 0.717) is 22.0 Å². The van der Waals surface area contributed by atoms with E-state index in [1.54, 1.807) is 24.3 Å². The smallest absolute Gasteiger partial charge is 0.293 e. The van der Waals surface area contributed by atoms with E-state index >= 15 is 0 Å². The molecule has 0 radical (unpaired) electrons. The Bertz CT molecular complexity index is 1070. The highest BCUT2D eigenvalue weighted by atomic mass is 35.5. The van der Waals surface area contributed by atoms with Crippen LogP contribution in [0, 0.1) is 0 Å². The van der Waals surface area contributed by atoms with Gasteiger partial charge in [0.05, 0.1) is 11.4 Å². The fourth-order valence-corrected chi connectivity index (χ4v) is 4.99. The summed E-state index contributed by atoms with van der Waals surface area (Å²) in [6.07, 6.45) is 1.63. The summed E-state index contributed by atoms with van der Waals surface area (Å²) in [6.45, 7) is 5.09. The fourth-order valence-electron chi connectivity index (χ4n) is 3.94. The number of carbonyl (C=O) groups is 3. The van der Waals surface area contributed by atoms with Gasteiger partial charge < -0.3 is 5.32 Å². The maximum Gasteiger partial charge on any atom is 0.293 e. The van der Waals surface area contributed by atoms with E-state index in [9.17, 15) is 14.4 Å². The Labute approximate surface area is 208 Å². The second-order valence-electron chi connectivity index (χ2n) is 8.24. The first-order chi connectivity index (χ1) is 16.5. The van der Waals surface area contributed by atoms with Crippen LogP contribution in [0.4, 0.5) is 4.79 Å². The molecule has 3 amide bonds. The van der Waals surface area contributed by atoms with Crippen molar-refractivity contribution in [3.05, 3.63) is 75.7 Å². The molecule has 0 unspecified atom stereocenters. The number of piperazine rings is 1. The van der Waals surface area contributed by atoms with Gasteiger partial charge in [0.25, 0.3) is 11.1 Å². The van der Waals surface area contributed by atoms with E-state index in [2.05, 4.69) is 27.2 Å². The fraction of sp³-hybridized carbons (Fsp3) is 0.320. The Kier molecular flexibility index (Phi) is 8.39. The van der Waals surface area contributed by atoms with E-state index in [1.165, 1.54) is 5.56 Å². The lowest BCUT2D eigenvalue weighted by Gasteiger charge is -2.34. The number of nitrogens with zero attached hydrogens (tertiary/aromatic N) is 3. The second-order valence-corrected chi connectivity index (χ2v) is 9.64. The van der Waals surface area contributed by atoms with Crippen LogP contribution in [-0.4, -0.2) is 77.6 Å². The molecule has 2 aliphatic heterocycles. The van der Waals surface area contributed by atoms with Crippen LogP contribution in [0.25, 0.3) is 6.08 Å². The molecule has 0 aliphatic carbocycles. The van der Waals surface area contributed by atoms with Gasteiger partial charge in [-0.3, -0.25) is 29.1 Å². The number of halogens is 1. The molecule has 0 spiro atoms. The molecule has 2 fully saturated rings. The lowest BCUT2D eigenvalue weighted by molar-refractivity contribution is -0.125. The van der Waals surface area contributed by atoms with Crippen LogP contribution in [0.5, 0.6) is 0 Å². The number of amides is 3. The summed E-state index contributed by atoms with van der Waals surface area (Å²) >= 11 is 7.04. The van der Waals surface area contributed by atoms with Crippen molar-refractivity contribution in [1.82, 2.24) is 20.0 Å². The van der Waals surface area contributed by atoms with Crippen LogP contribution in [0.2, 0.25) is 5.02 Å². The van der Waals surface area contributed by atoms with Gasteiger partial charge in [-0.2, -0.15) is 0 Å². The number of rotatable bonds is 8. The number of hydrogen-bond donors (Lipinski definition) is 1. The van der Waals surface area contributed by atoms with E-state index in [0.717, 1.165) is 49.4 Å². The predicted molar refractivity (Wildman–Crippen MR) is 135 cm³/mol. The normalized spacial score (nSPS) is 18.6. The third kappa shape index (κ3) is 6.48. The van der Waals surface area contributed by atoms with Crippen molar-refractivity contribution in [2.75, 3.05) is 45.8 Å². The summed E-state index contributed by atoms with van der Waals surface area (Å²) in [7, 11) is 0. The van der Waals surface area contributed by atoms with Crippen LogP contribution in [0.15, 0.2) is 59.5 Å². The van der Waals surface area contributed by atoms with Crippen molar-refractivity contribution >= 4 is 46.5 Å². The molecule has 2 aromatic rings. The lowest BCUT2D eigenvalue weighted by atomic mass is 10.2. The van der Waals surface area contributed by atoms with E-state index < -0.39 is 0 Å². The summed E-state index contributed by atoms with van der Waals surface area (Å²) in [6, 6.07) is 17.5. The largest absolute Gasteiger partial charge is 0.353 e. The minimum atomic E-state index is -0.362. The molecule has 178 valence electrons. The van der Waals surface area contributed by atoms with Crippen LogP contribution >= 0.6 is 23.4 Å². The first-order valence-electron chi connectivity index (χ1n) is 11.2. The third-order valence-electron chi connectivity index (χ3n) is 5.80. The third-order valence-corrected chi connectivity index (χ3v) is 7.06.